The van der Waals surface area contributed by atoms with Crippen LogP contribution in [0.25, 0.3) is 0 Å². The summed E-state index contributed by atoms with van der Waals surface area (Å²) in [5, 5.41) is 26.2. The molecule has 3 N–H and O–H groups in total. The van der Waals surface area contributed by atoms with Crippen LogP contribution < -0.4 is 0 Å². The first-order valence-corrected chi connectivity index (χ1v) is 4.72. The van der Waals surface area contributed by atoms with Gasteiger partial charge in [-0.1, -0.05) is 15.9 Å². The van der Waals surface area contributed by atoms with E-state index in [-0.39, 0.29) is 13.0 Å². The molecule has 0 spiro atoms. The fourth-order valence-corrected chi connectivity index (χ4v) is 2.01. The Balaban J connectivity index is 2.97. The molecule has 0 aliphatic carbocycles. The number of likely N-dealkylation sites (tertiary alicyclic amines) is 1. The Hall–Kier alpha value is -1.31. The highest BCUT2D eigenvalue weighted by Crippen LogP contribution is 2.35. The minimum absolute atomic E-state index is 0.288. The van der Waals surface area contributed by atoms with Gasteiger partial charge in [-0.25, -0.2) is 9.59 Å². The number of carboxylic acids is 2. The minimum Gasteiger partial charge on any atom is -0.480 e. The number of amides is 1. The lowest BCUT2D eigenvalue weighted by molar-refractivity contribution is -0.141. The van der Waals surface area contributed by atoms with Gasteiger partial charge in [0.05, 0.1) is 6.54 Å². The van der Waals surface area contributed by atoms with Crippen LogP contribution in [0, 0.1) is 0 Å². The van der Waals surface area contributed by atoms with Gasteiger partial charge < -0.3 is 15.3 Å². The van der Waals surface area contributed by atoms with Gasteiger partial charge in [0.15, 0.2) is 0 Å². The van der Waals surface area contributed by atoms with Gasteiger partial charge in [-0.15, -0.1) is 0 Å². The summed E-state index contributed by atoms with van der Waals surface area (Å²) in [6.07, 6.45) is -1.73. The first-order valence-electron chi connectivity index (χ1n) is 3.92. The van der Waals surface area contributed by atoms with Crippen molar-refractivity contribution in [1.29, 1.82) is 0 Å². The van der Waals surface area contributed by atoms with Gasteiger partial charge in [-0.3, -0.25) is 9.69 Å². The molecule has 1 saturated heterocycles. The van der Waals surface area contributed by atoms with Gasteiger partial charge in [0.25, 0.3) is 0 Å². The number of hydrogen-bond acceptors (Lipinski definition) is 3. The number of alkyl halides is 1. The largest absolute Gasteiger partial charge is 0.480 e. The molecule has 1 aliphatic heterocycles. The van der Waals surface area contributed by atoms with Crippen molar-refractivity contribution in [3.8, 4) is 0 Å². The molecule has 0 aromatic heterocycles. The molecule has 2 atom stereocenters. The van der Waals surface area contributed by atoms with E-state index in [1.807, 2.05) is 0 Å². The average Bonchev–Trinajstić information content (AvgIpc) is 2.45. The van der Waals surface area contributed by atoms with Crippen LogP contribution in [0.1, 0.15) is 6.42 Å². The summed E-state index contributed by atoms with van der Waals surface area (Å²) < 4.78 is -1.51. The van der Waals surface area contributed by atoms with E-state index in [0.717, 1.165) is 0 Å². The maximum atomic E-state index is 10.8. The van der Waals surface area contributed by atoms with Crippen molar-refractivity contribution in [3.63, 3.8) is 0 Å². The molecule has 0 saturated carbocycles. The number of nitrogens with zero attached hydrogens (tertiary/aromatic N) is 1. The molecule has 1 heterocycles. The normalized spacial score (nSPS) is 30.2. The monoisotopic (exact) mass is 281 g/mol. The van der Waals surface area contributed by atoms with Crippen molar-refractivity contribution in [1.82, 2.24) is 4.90 Å². The average molecular weight is 282 g/mol. The van der Waals surface area contributed by atoms with Gasteiger partial charge >= 0.3 is 18.0 Å². The van der Waals surface area contributed by atoms with Gasteiger partial charge in [-0.05, 0) is 0 Å². The third kappa shape index (κ3) is 2.04. The summed E-state index contributed by atoms with van der Waals surface area (Å²) >= 11 is 2.86. The molecule has 0 bridgehead atoms. The third-order valence-corrected chi connectivity index (χ3v) is 3.14. The molecule has 1 fully saturated rings. The van der Waals surface area contributed by atoms with E-state index < -0.39 is 28.4 Å². The zero-order chi connectivity index (χ0) is 11.8. The minimum atomic E-state index is -1.51. The molecular formula is C7H8BrNO6. The third-order valence-electron chi connectivity index (χ3n) is 2.23. The number of carbonyl (C=O) groups is 3. The van der Waals surface area contributed by atoms with Crippen molar-refractivity contribution in [2.24, 2.45) is 0 Å². The van der Waals surface area contributed by atoms with Gasteiger partial charge in [0, 0.05) is 6.42 Å². The van der Waals surface area contributed by atoms with E-state index in [0.29, 0.717) is 4.90 Å². The fraction of sp³-hybridized carbons (Fsp3) is 0.571. The summed E-state index contributed by atoms with van der Waals surface area (Å²) in [7, 11) is 0. The molecule has 8 heteroatoms. The maximum Gasteiger partial charge on any atom is 0.408 e. The second kappa shape index (κ2) is 3.69. The molecule has 0 radical (unpaired) electrons. The molecule has 7 nitrogen and oxygen atoms in total. The number of halogens is 1. The summed E-state index contributed by atoms with van der Waals surface area (Å²) in [5.41, 5.74) is 0. The Morgan fingerprint density at radius 1 is 1.27 bits per heavy atom. The van der Waals surface area contributed by atoms with Crippen molar-refractivity contribution in [3.05, 3.63) is 0 Å². The van der Waals surface area contributed by atoms with E-state index in [1.54, 1.807) is 0 Å². The van der Waals surface area contributed by atoms with Crippen LogP contribution in [0.2, 0.25) is 0 Å². The molecule has 1 rings (SSSR count). The Morgan fingerprint density at radius 2 is 1.80 bits per heavy atom. The van der Waals surface area contributed by atoms with Gasteiger partial charge in [-0.2, -0.15) is 0 Å². The molecule has 0 aromatic rings. The second-order valence-electron chi connectivity index (χ2n) is 3.24. The highest BCUT2D eigenvalue weighted by atomic mass is 79.9. The number of aliphatic carboxylic acids is 2. The zero-order valence-corrected chi connectivity index (χ0v) is 8.97. The summed E-state index contributed by atoms with van der Waals surface area (Å²) in [6, 6.07) is -1.32. The predicted octanol–water partition coefficient (Wildman–Crippen LogP) is 0.0416. The van der Waals surface area contributed by atoms with E-state index in [2.05, 4.69) is 15.9 Å². The topological polar surface area (TPSA) is 115 Å². The number of rotatable bonds is 2. The van der Waals surface area contributed by atoms with Gasteiger partial charge in [0.1, 0.15) is 10.4 Å². The molecule has 0 aromatic carbocycles. The fourth-order valence-electron chi connectivity index (χ4n) is 1.44. The van der Waals surface area contributed by atoms with Crippen LogP contribution in [0.5, 0.6) is 0 Å². The maximum absolute atomic E-state index is 10.8. The summed E-state index contributed by atoms with van der Waals surface area (Å²) in [5.74, 6) is -2.61. The Kier molecular flexibility index (Phi) is 2.89. The Labute approximate surface area is 92.4 Å². The lowest BCUT2D eigenvalue weighted by atomic mass is 10.1. The van der Waals surface area contributed by atoms with E-state index >= 15 is 0 Å². The highest BCUT2D eigenvalue weighted by Gasteiger charge is 2.52. The Morgan fingerprint density at radius 3 is 2.07 bits per heavy atom. The Bertz CT molecular complexity index is 307. The summed E-state index contributed by atoms with van der Waals surface area (Å²) in [6.45, 7) is -0.380. The van der Waals surface area contributed by atoms with Crippen molar-refractivity contribution < 1.29 is 29.7 Å². The van der Waals surface area contributed by atoms with E-state index in [4.69, 9.17) is 15.3 Å². The SMILES string of the molecule is O=C(O)[C@@H]1C[C@](Br)(C(=O)O)CN1C(=O)O. The molecule has 1 aliphatic rings. The van der Waals surface area contributed by atoms with Crippen molar-refractivity contribution in [2.45, 2.75) is 16.8 Å². The van der Waals surface area contributed by atoms with Crippen LogP contribution in [0.4, 0.5) is 4.79 Å². The van der Waals surface area contributed by atoms with Crippen LogP contribution in [0.15, 0.2) is 0 Å². The molecule has 15 heavy (non-hydrogen) atoms. The van der Waals surface area contributed by atoms with Crippen LogP contribution in [-0.4, -0.2) is 55.2 Å². The van der Waals surface area contributed by atoms with Crippen molar-refractivity contribution >= 4 is 34.0 Å². The van der Waals surface area contributed by atoms with Gasteiger partial charge in [0.2, 0.25) is 0 Å². The molecule has 1 amide bonds. The highest BCUT2D eigenvalue weighted by molar-refractivity contribution is 9.10. The number of hydrogen-bond donors (Lipinski definition) is 3. The molecule has 0 unspecified atom stereocenters. The predicted molar refractivity (Wildman–Crippen MR) is 50.1 cm³/mol. The second-order valence-corrected chi connectivity index (χ2v) is 4.76. The first-order chi connectivity index (χ1) is 6.78. The summed E-state index contributed by atoms with van der Waals surface area (Å²) in [4.78, 5) is 32.8. The van der Waals surface area contributed by atoms with Crippen LogP contribution >= 0.6 is 15.9 Å². The lowest BCUT2D eigenvalue weighted by Crippen LogP contribution is -2.40. The van der Waals surface area contributed by atoms with E-state index in [1.165, 1.54) is 0 Å². The quantitative estimate of drug-likeness (QED) is 0.616. The van der Waals surface area contributed by atoms with Crippen molar-refractivity contribution in [2.75, 3.05) is 6.54 Å². The van der Waals surface area contributed by atoms with Crippen LogP contribution in [0.3, 0.4) is 0 Å². The molecule has 84 valence electrons. The first kappa shape index (κ1) is 11.8. The van der Waals surface area contributed by atoms with Crippen LogP contribution in [-0.2, 0) is 9.59 Å². The van der Waals surface area contributed by atoms with E-state index in [9.17, 15) is 14.4 Å². The standard InChI is InChI=1S/C7H8BrNO6/c8-7(5(12)13)1-3(4(10)11)9(2-7)6(14)15/h3H,1-2H2,(H,10,11)(H,12,13)(H,14,15)/t3-,7+/m0/s1. The lowest BCUT2D eigenvalue weighted by Gasteiger charge is -2.17. The number of carboxylic acid groups (broad SMARTS) is 3. The smallest absolute Gasteiger partial charge is 0.408 e. The molecular weight excluding hydrogens is 274 g/mol. The zero-order valence-electron chi connectivity index (χ0n) is 7.38.